The first-order chi connectivity index (χ1) is 9.10. The van der Waals surface area contributed by atoms with Crippen molar-refractivity contribution in [2.45, 2.75) is 19.3 Å². The zero-order valence-electron chi connectivity index (χ0n) is 11.4. The number of Topliss-reactive ketones (excluding diaryl/α,β-unsaturated/α-hetero) is 1. The summed E-state index contributed by atoms with van der Waals surface area (Å²) in [7, 11) is 4.41. The van der Waals surface area contributed by atoms with Gasteiger partial charge < -0.3 is 14.2 Å². The molecule has 0 aliphatic heterocycles. The van der Waals surface area contributed by atoms with Crippen molar-refractivity contribution in [1.29, 1.82) is 0 Å². The number of esters is 1. The summed E-state index contributed by atoms with van der Waals surface area (Å²) in [6, 6.07) is 5.28. The molecule has 0 heterocycles. The molecule has 5 heteroatoms. The van der Waals surface area contributed by atoms with Gasteiger partial charge in [0.1, 0.15) is 17.3 Å². The van der Waals surface area contributed by atoms with E-state index in [4.69, 9.17) is 9.47 Å². The Morgan fingerprint density at radius 2 is 1.79 bits per heavy atom. The van der Waals surface area contributed by atoms with Crippen molar-refractivity contribution in [3.05, 3.63) is 23.8 Å². The van der Waals surface area contributed by atoms with Crippen LogP contribution in [0.1, 0.15) is 18.4 Å². The van der Waals surface area contributed by atoms with E-state index in [0.29, 0.717) is 11.5 Å². The molecule has 19 heavy (non-hydrogen) atoms. The van der Waals surface area contributed by atoms with E-state index in [2.05, 4.69) is 4.74 Å². The Hall–Kier alpha value is -2.04. The van der Waals surface area contributed by atoms with Crippen molar-refractivity contribution in [3.63, 3.8) is 0 Å². The van der Waals surface area contributed by atoms with Gasteiger partial charge in [0.15, 0.2) is 0 Å². The van der Waals surface area contributed by atoms with Crippen molar-refractivity contribution in [3.8, 4) is 11.5 Å². The smallest absolute Gasteiger partial charge is 0.305 e. The van der Waals surface area contributed by atoms with E-state index in [1.165, 1.54) is 7.11 Å². The zero-order chi connectivity index (χ0) is 14.3. The standard InChI is InChI=1S/C14H18O5/c1-17-12-5-6-13(18-2)10(9-12)8-11(15)4-7-14(16)19-3/h5-6,9H,4,7-8H2,1-3H3. The molecular weight excluding hydrogens is 248 g/mol. The average molecular weight is 266 g/mol. The molecule has 0 radical (unpaired) electrons. The lowest BCUT2D eigenvalue weighted by molar-refractivity contribution is -0.141. The number of benzene rings is 1. The largest absolute Gasteiger partial charge is 0.497 e. The summed E-state index contributed by atoms with van der Waals surface area (Å²) in [6.45, 7) is 0. The van der Waals surface area contributed by atoms with Gasteiger partial charge in [0.05, 0.1) is 27.8 Å². The molecular formula is C14H18O5. The van der Waals surface area contributed by atoms with E-state index < -0.39 is 0 Å². The van der Waals surface area contributed by atoms with Crippen LogP contribution in [-0.4, -0.2) is 33.1 Å². The van der Waals surface area contributed by atoms with Gasteiger partial charge in [-0.25, -0.2) is 0 Å². The molecule has 5 nitrogen and oxygen atoms in total. The third-order valence-electron chi connectivity index (χ3n) is 2.71. The molecule has 0 aliphatic carbocycles. The number of carbonyl (C=O) groups excluding carboxylic acids is 2. The topological polar surface area (TPSA) is 61.8 Å². The van der Waals surface area contributed by atoms with Crippen LogP contribution in [0.2, 0.25) is 0 Å². The fraction of sp³-hybridized carbons (Fsp3) is 0.429. The minimum atomic E-state index is -0.383. The number of ether oxygens (including phenoxy) is 3. The van der Waals surface area contributed by atoms with Crippen LogP contribution >= 0.6 is 0 Å². The maximum Gasteiger partial charge on any atom is 0.305 e. The second-order valence-electron chi connectivity index (χ2n) is 3.97. The molecule has 0 bridgehead atoms. The van der Waals surface area contributed by atoms with Gasteiger partial charge in [-0.2, -0.15) is 0 Å². The van der Waals surface area contributed by atoms with Gasteiger partial charge in [-0.1, -0.05) is 0 Å². The second-order valence-corrected chi connectivity index (χ2v) is 3.97. The maximum atomic E-state index is 11.8. The Kier molecular flexibility index (Phi) is 5.85. The molecule has 0 amide bonds. The molecule has 0 saturated heterocycles. The van der Waals surface area contributed by atoms with Gasteiger partial charge in [0.25, 0.3) is 0 Å². The van der Waals surface area contributed by atoms with Crippen molar-refractivity contribution in [2.24, 2.45) is 0 Å². The summed E-state index contributed by atoms with van der Waals surface area (Å²) < 4.78 is 14.8. The van der Waals surface area contributed by atoms with Crippen LogP contribution in [0.5, 0.6) is 11.5 Å². The molecule has 104 valence electrons. The molecule has 0 N–H and O–H groups in total. The fourth-order valence-electron chi connectivity index (χ4n) is 1.66. The van der Waals surface area contributed by atoms with E-state index in [0.717, 1.165) is 5.56 Å². The summed E-state index contributed by atoms with van der Waals surface area (Å²) >= 11 is 0. The third kappa shape index (κ3) is 4.62. The van der Waals surface area contributed by atoms with Crippen LogP contribution < -0.4 is 9.47 Å². The predicted octanol–water partition coefficient (Wildman–Crippen LogP) is 1.77. The molecule has 0 saturated carbocycles. The maximum absolute atomic E-state index is 11.8. The molecule has 1 aromatic rings. The van der Waals surface area contributed by atoms with Crippen molar-refractivity contribution >= 4 is 11.8 Å². The summed E-state index contributed by atoms with van der Waals surface area (Å²) in [4.78, 5) is 22.8. The van der Waals surface area contributed by atoms with Crippen LogP contribution in [-0.2, 0) is 20.7 Å². The van der Waals surface area contributed by atoms with Gasteiger partial charge in [-0.3, -0.25) is 9.59 Å². The Morgan fingerprint density at radius 3 is 2.37 bits per heavy atom. The Labute approximate surface area is 112 Å². The molecule has 1 aromatic carbocycles. The van der Waals surface area contributed by atoms with Crippen LogP contribution in [0.4, 0.5) is 0 Å². The first kappa shape index (κ1) is 15.0. The lowest BCUT2D eigenvalue weighted by Crippen LogP contribution is -2.08. The highest BCUT2D eigenvalue weighted by atomic mass is 16.5. The minimum absolute atomic E-state index is 0.0445. The molecule has 0 fully saturated rings. The van der Waals surface area contributed by atoms with E-state index in [-0.39, 0.29) is 31.0 Å². The molecule has 1 rings (SSSR count). The van der Waals surface area contributed by atoms with Crippen molar-refractivity contribution in [2.75, 3.05) is 21.3 Å². The third-order valence-corrected chi connectivity index (χ3v) is 2.71. The zero-order valence-corrected chi connectivity index (χ0v) is 11.4. The molecule has 0 spiro atoms. The summed E-state index contributed by atoms with van der Waals surface area (Å²) in [5.41, 5.74) is 0.747. The summed E-state index contributed by atoms with van der Waals surface area (Å²) in [5.74, 6) is 0.867. The molecule has 0 aromatic heterocycles. The lowest BCUT2D eigenvalue weighted by atomic mass is 10.0. The number of hydrogen-bond donors (Lipinski definition) is 0. The van der Waals surface area contributed by atoms with Crippen LogP contribution in [0.3, 0.4) is 0 Å². The van der Waals surface area contributed by atoms with Crippen LogP contribution in [0.25, 0.3) is 0 Å². The van der Waals surface area contributed by atoms with Gasteiger partial charge >= 0.3 is 5.97 Å². The van der Waals surface area contributed by atoms with Gasteiger partial charge in [-0.05, 0) is 18.2 Å². The highest BCUT2D eigenvalue weighted by Gasteiger charge is 2.12. The molecule has 0 aliphatic rings. The minimum Gasteiger partial charge on any atom is -0.497 e. The van der Waals surface area contributed by atoms with Gasteiger partial charge in [0, 0.05) is 18.4 Å². The van der Waals surface area contributed by atoms with E-state index >= 15 is 0 Å². The fourth-order valence-corrected chi connectivity index (χ4v) is 1.66. The Balaban J connectivity index is 2.69. The molecule has 0 unspecified atom stereocenters. The van der Waals surface area contributed by atoms with Gasteiger partial charge in [0.2, 0.25) is 0 Å². The number of ketones is 1. The summed E-state index contributed by atoms with van der Waals surface area (Å²) in [5, 5.41) is 0. The highest BCUT2D eigenvalue weighted by molar-refractivity contribution is 5.85. The normalized spacial score (nSPS) is 9.84. The van der Waals surface area contributed by atoms with E-state index in [9.17, 15) is 9.59 Å². The van der Waals surface area contributed by atoms with Gasteiger partial charge in [-0.15, -0.1) is 0 Å². The van der Waals surface area contributed by atoms with E-state index in [1.54, 1.807) is 32.4 Å². The van der Waals surface area contributed by atoms with Crippen LogP contribution in [0, 0.1) is 0 Å². The first-order valence-electron chi connectivity index (χ1n) is 5.90. The predicted molar refractivity (Wildman–Crippen MR) is 69.5 cm³/mol. The monoisotopic (exact) mass is 266 g/mol. The Morgan fingerprint density at radius 1 is 1.05 bits per heavy atom. The average Bonchev–Trinajstić information content (AvgIpc) is 2.44. The van der Waals surface area contributed by atoms with Crippen molar-refractivity contribution < 1.29 is 23.8 Å². The lowest BCUT2D eigenvalue weighted by Gasteiger charge is -2.09. The quantitative estimate of drug-likeness (QED) is 0.704. The number of rotatable bonds is 7. The number of methoxy groups -OCH3 is 3. The first-order valence-corrected chi connectivity index (χ1v) is 5.90. The number of carbonyl (C=O) groups is 2. The highest BCUT2D eigenvalue weighted by Crippen LogP contribution is 2.24. The van der Waals surface area contributed by atoms with E-state index in [1.807, 2.05) is 0 Å². The SMILES string of the molecule is COC(=O)CCC(=O)Cc1cc(OC)ccc1OC. The van der Waals surface area contributed by atoms with Crippen molar-refractivity contribution in [1.82, 2.24) is 0 Å². The van der Waals surface area contributed by atoms with Crippen LogP contribution in [0.15, 0.2) is 18.2 Å². The molecule has 0 atom stereocenters. The Bertz CT molecular complexity index is 453. The summed E-state index contributed by atoms with van der Waals surface area (Å²) in [6.07, 6.45) is 0.464. The second kappa shape index (κ2) is 7.41. The number of hydrogen-bond acceptors (Lipinski definition) is 5.